The molecule has 1 aromatic heterocycles. The molecule has 0 aromatic carbocycles. The molecule has 1 N–H and O–H groups in total. The van der Waals surface area contributed by atoms with Crippen molar-refractivity contribution >= 4 is 29.1 Å². The molecule has 60 valence electrons. The number of thiazole rings is 1. The molecule has 0 bridgehead atoms. The molecule has 1 rings (SSSR count). The number of carbonyl (C=O) groups is 1. The van der Waals surface area contributed by atoms with Crippen LogP contribution < -0.4 is 0 Å². The van der Waals surface area contributed by atoms with Gasteiger partial charge in [-0.25, -0.2) is 9.78 Å². The number of rotatable bonds is 3. The molecule has 0 aliphatic rings. The van der Waals surface area contributed by atoms with Gasteiger partial charge in [0.05, 0.1) is 5.69 Å². The lowest BCUT2D eigenvalue weighted by Gasteiger charge is -1.86. The maximum atomic E-state index is 10.4. The molecule has 5 heteroatoms. The van der Waals surface area contributed by atoms with E-state index < -0.39 is 5.97 Å². The van der Waals surface area contributed by atoms with Crippen molar-refractivity contribution in [2.75, 3.05) is 6.26 Å². The Balaban J connectivity index is 2.73. The van der Waals surface area contributed by atoms with E-state index in [0.29, 0.717) is 0 Å². The van der Waals surface area contributed by atoms with Crippen molar-refractivity contribution in [1.29, 1.82) is 0 Å². The standard InChI is InChI=1S/C6H7NO2S2/c1-10-2-4-3-11-5(7-4)6(8)9/h3H,2H2,1H3,(H,8,9). The van der Waals surface area contributed by atoms with Crippen molar-refractivity contribution in [2.24, 2.45) is 0 Å². The monoisotopic (exact) mass is 189 g/mol. The smallest absolute Gasteiger partial charge is 0.365 e. The molecule has 0 fully saturated rings. The molecule has 0 atom stereocenters. The van der Waals surface area contributed by atoms with Gasteiger partial charge in [0.2, 0.25) is 5.01 Å². The Bertz CT molecular complexity index is 259. The van der Waals surface area contributed by atoms with Gasteiger partial charge in [0.15, 0.2) is 0 Å². The number of thioether (sulfide) groups is 1. The number of aromatic carboxylic acids is 1. The predicted octanol–water partition coefficient (Wildman–Crippen LogP) is 1.70. The quantitative estimate of drug-likeness (QED) is 0.786. The fraction of sp³-hybridized carbons (Fsp3) is 0.333. The van der Waals surface area contributed by atoms with Gasteiger partial charge in [0.25, 0.3) is 0 Å². The van der Waals surface area contributed by atoms with Crippen molar-refractivity contribution in [1.82, 2.24) is 4.98 Å². The fourth-order valence-electron chi connectivity index (χ4n) is 0.619. The summed E-state index contributed by atoms with van der Waals surface area (Å²) in [5.41, 5.74) is 0.847. The molecule has 0 spiro atoms. The Hall–Kier alpha value is -0.550. The summed E-state index contributed by atoms with van der Waals surface area (Å²) in [6.45, 7) is 0. The second kappa shape index (κ2) is 3.73. The Morgan fingerprint density at radius 2 is 2.64 bits per heavy atom. The highest BCUT2D eigenvalue weighted by Gasteiger charge is 2.07. The third-order valence-corrected chi connectivity index (χ3v) is 2.49. The third kappa shape index (κ3) is 2.20. The summed E-state index contributed by atoms with van der Waals surface area (Å²) in [4.78, 5) is 14.3. The second-order valence-electron chi connectivity index (χ2n) is 1.88. The van der Waals surface area contributed by atoms with Crippen molar-refractivity contribution < 1.29 is 9.90 Å². The summed E-state index contributed by atoms with van der Waals surface area (Å²) in [6, 6.07) is 0. The molecule has 0 radical (unpaired) electrons. The number of carboxylic acid groups (broad SMARTS) is 1. The molecule has 0 saturated carbocycles. The highest BCUT2D eigenvalue weighted by Crippen LogP contribution is 2.13. The minimum absolute atomic E-state index is 0.175. The number of hydrogen-bond donors (Lipinski definition) is 1. The van der Waals surface area contributed by atoms with Crippen LogP contribution in [0.25, 0.3) is 0 Å². The third-order valence-electron chi connectivity index (χ3n) is 1.03. The molecule has 11 heavy (non-hydrogen) atoms. The van der Waals surface area contributed by atoms with E-state index in [2.05, 4.69) is 4.98 Å². The van der Waals surface area contributed by atoms with Crippen LogP contribution in [0, 0.1) is 0 Å². The van der Waals surface area contributed by atoms with Crippen LogP contribution in [-0.4, -0.2) is 22.3 Å². The van der Waals surface area contributed by atoms with E-state index in [0.717, 1.165) is 11.4 Å². The van der Waals surface area contributed by atoms with E-state index in [4.69, 9.17) is 5.11 Å². The number of aromatic nitrogens is 1. The van der Waals surface area contributed by atoms with Crippen LogP contribution in [0.4, 0.5) is 0 Å². The molecule has 1 aromatic rings. The van der Waals surface area contributed by atoms with Crippen LogP contribution >= 0.6 is 23.1 Å². The SMILES string of the molecule is CSCc1csc(C(=O)O)n1. The minimum atomic E-state index is -0.942. The van der Waals surface area contributed by atoms with Gasteiger partial charge in [0.1, 0.15) is 0 Å². The van der Waals surface area contributed by atoms with E-state index in [9.17, 15) is 4.79 Å². The van der Waals surface area contributed by atoms with Crippen molar-refractivity contribution in [3.8, 4) is 0 Å². The van der Waals surface area contributed by atoms with Gasteiger partial charge in [-0.3, -0.25) is 0 Å². The summed E-state index contributed by atoms with van der Waals surface area (Å²) in [5, 5.41) is 10.5. The van der Waals surface area contributed by atoms with E-state index in [1.54, 1.807) is 17.1 Å². The number of carboxylic acids is 1. The first-order valence-electron chi connectivity index (χ1n) is 2.90. The molecule has 0 aliphatic heterocycles. The average molecular weight is 189 g/mol. The van der Waals surface area contributed by atoms with Crippen LogP contribution in [0.5, 0.6) is 0 Å². The minimum Gasteiger partial charge on any atom is -0.476 e. The Kier molecular flexibility index (Phi) is 2.90. The summed E-state index contributed by atoms with van der Waals surface area (Å²) < 4.78 is 0. The van der Waals surface area contributed by atoms with E-state index >= 15 is 0 Å². The van der Waals surface area contributed by atoms with Gasteiger partial charge < -0.3 is 5.11 Å². The van der Waals surface area contributed by atoms with E-state index in [1.807, 2.05) is 6.26 Å². The number of nitrogens with zero attached hydrogens (tertiary/aromatic N) is 1. The molecule has 0 saturated heterocycles. The zero-order valence-electron chi connectivity index (χ0n) is 5.90. The van der Waals surface area contributed by atoms with Gasteiger partial charge in [-0.15, -0.1) is 11.3 Å². The maximum absolute atomic E-state index is 10.4. The van der Waals surface area contributed by atoms with Crippen LogP contribution in [0.3, 0.4) is 0 Å². The summed E-state index contributed by atoms with van der Waals surface area (Å²) >= 11 is 2.80. The van der Waals surface area contributed by atoms with Gasteiger partial charge in [-0.05, 0) is 6.26 Å². The topological polar surface area (TPSA) is 50.2 Å². The van der Waals surface area contributed by atoms with Gasteiger partial charge in [0, 0.05) is 11.1 Å². The van der Waals surface area contributed by atoms with Crippen LogP contribution in [0.1, 0.15) is 15.5 Å². The van der Waals surface area contributed by atoms with Gasteiger partial charge in [-0.1, -0.05) is 0 Å². The first-order valence-corrected chi connectivity index (χ1v) is 5.18. The second-order valence-corrected chi connectivity index (χ2v) is 3.61. The molecular formula is C6H7NO2S2. The Morgan fingerprint density at radius 3 is 3.09 bits per heavy atom. The van der Waals surface area contributed by atoms with Crippen LogP contribution in [-0.2, 0) is 5.75 Å². The van der Waals surface area contributed by atoms with Crippen LogP contribution in [0.15, 0.2) is 5.38 Å². The Labute approximate surface area is 72.5 Å². The van der Waals surface area contributed by atoms with E-state index in [1.165, 1.54) is 11.3 Å². The molecule has 0 aliphatic carbocycles. The van der Waals surface area contributed by atoms with Gasteiger partial charge in [-0.2, -0.15) is 11.8 Å². The normalized spacial score (nSPS) is 9.91. The zero-order valence-corrected chi connectivity index (χ0v) is 7.54. The molecule has 3 nitrogen and oxygen atoms in total. The van der Waals surface area contributed by atoms with E-state index in [-0.39, 0.29) is 5.01 Å². The Morgan fingerprint density at radius 1 is 1.91 bits per heavy atom. The summed E-state index contributed by atoms with van der Waals surface area (Å²) in [6.07, 6.45) is 1.96. The maximum Gasteiger partial charge on any atom is 0.365 e. The first kappa shape index (κ1) is 8.55. The molecular weight excluding hydrogens is 182 g/mol. The highest BCUT2D eigenvalue weighted by atomic mass is 32.2. The summed E-state index contributed by atoms with van der Waals surface area (Å²) in [5.74, 6) is -0.161. The van der Waals surface area contributed by atoms with Crippen molar-refractivity contribution in [2.45, 2.75) is 5.75 Å². The lowest BCUT2D eigenvalue weighted by Crippen LogP contribution is -1.94. The van der Waals surface area contributed by atoms with Crippen LogP contribution in [0.2, 0.25) is 0 Å². The molecule has 0 amide bonds. The zero-order chi connectivity index (χ0) is 8.27. The largest absolute Gasteiger partial charge is 0.476 e. The fourth-order valence-corrected chi connectivity index (χ4v) is 1.82. The average Bonchev–Trinajstić information content (AvgIpc) is 2.37. The van der Waals surface area contributed by atoms with Crippen molar-refractivity contribution in [3.05, 3.63) is 16.1 Å². The van der Waals surface area contributed by atoms with Crippen molar-refractivity contribution in [3.63, 3.8) is 0 Å². The lowest BCUT2D eigenvalue weighted by molar-refractivity contribution is 0.0696. The lowest BCUT2D eigenvalue weighted by atomic mass is 10.6. The summed E-state index contributed by atoms with van der Waals surface area (Å²) in [7, 11) is 0. The van der Waals surface area contributed by atoms with Gasteiger partial charge >= 0.3 is 5.97 Å². The molecule has 0 unspecified atom stereocenters. The number of hydrogen-bond acceptors (Lipinski definition) is 4. The highest BCUT2D eigenvalue weighted by molar-refractivity contribution is 7.97. The first-order chi connectivity index (χ1) is 5.24. The predicted molar refractivity (Wildman–Crippen MR) is 46.3 cm³/mol. The molecule has 1 heterocycles.